The monoisotopic (exact) mass is 345 g/mol. The molecule has 1 aliphatic carbocycles. The second-order valence-corrected chi connectivity index (χ2v) is 9.05. The summed E-state index contributed by atoms with van der Waals surface area (Å²) in [7, 11) is 0. The van der Waals surface area contributed by atoms with Crippen molar-refractivity contribution in [3.8, 4) is 0 Å². The number of hydrogen-bond donors (Lipinski definition) is 0. The molecule has 1 saturated heterocycles. The largest absolute Gasteiger partial charge is 0.342 e. The first-order chi connectivity index (χ1) is 11.7. The van der Waals surface area contributed by atoms with E-state index in [9.17, 15) is 9.59 Å². The Balaban J connectivity index is 1.55. The Hall–Kier alpha value is -1.65. The van der Waals surface area contributed by atoms with E-state index in [0.29, 0.717) is 18.4 Å². The van der Waals surface area contributed by atoms with Crippen LogP contribution in [0, 0.1) is 17.8 Å². The Bertz CT molecular complexity index is 675. The molecule has 0 spiro atoms. The maximum atomic E-state index is 12.6. The Morgan fingerprint density at radius 1 is 1.16 bits per heavy atom. The van der Waals surface area contributed by atoms with Gasteiger partial charge in [0.05, 0.1) is 12.2 Å². The van der Waals surface area contributed by atoms with Crippen LogP contribution < -0.4 is 5.56 Å². The molecular formula is C20H31N3O2. The van der Waals surface area contributed by atoms with Crippen molar-refractivity contribution in [3.05, 3.63) is 28.2 Å². The van der Waals surface area contributed by atoms with Crippen molar-refractivity contribution >= 4 is 5.91 Å². The van der Waals surface area contributed by atoms with Crippen molar-refractivity contribution in [2.45, 2.75) is 65.3 Å². The van der Waals surface area contributed by atoms with Gasteiger partial charge < -0.3 is 4.90 Å². The van der Waals surface area contributed by atoms with Crippen LogP contribution in [0.4, 0.5) is 0 Å². The normalized spacial score (nSPS) is 24.9. The molecule has 5 nitrogen and oxygen atoms in total. The van der Waals surface area contributed by atoms with Gasteiger partial charge in [0.25, 0.3) is 5.56 Å². The molecular weight excluding hydrogens is 314 g/mol. The van der Waals surface area contributed by atoms with Gasteiger partial charge in [0.2, 0.25) is 5.91 Å². The van der Waals surface area contributed by atoms with Crippen LogP contribution in [-0.2, 0) is 16.8 Å². The zero-order chi connectivity index (χ0) is 18.2. The number of nitrogens with zero attached hydrogens (tertiary/aromatic N) is 3. The predicted octanol–water partition coefficient (Wildman–Crippen LogP) is 2.83. The topological polar surface area (TPSA) is 55.2 Å². The quantitative estimate of drug-likeness (QED) is 0.846. The summed E-state index contributed by atoms with van der Waals surface area (Å²) < 4.78 is 1.58. The summed E-state index contributed by atoms with van der Waals surface area (Å²) in [5.74, 6) is 1.65. The summed E-state index contributed by atoms with van der Waals surface area (Å²) in [6.45, 7) is 10.7. The average molecular weight is 345 g/mol. The summed E-state index contributed by atoms with van der Waals surface area (Å²) in [5.41, 5.74) is 0.796. The molecule has 0 radical (unpaired) electrons. The molecule has 0 aromatic carbocycles. The van der Waals surface area contributed by atoms with Gasteiger partial charge in [-0.2, -0.15) is 5.10 Å². The van der Waals surface area contributed by atoms with Gasteiger partial charge in [-0.3, -0.25) is 9.59 Å². The zero-order valence-corrected chi connectivity index (χ0v) is 16.0. The highest BCUT2D eigenvalue weighted by Crippen LogP contribution is 2.31. The fourth-order valence-corrected chi connectivity index (χ4v) is 3.85. The molecule has 138 valence electrons. The molecule has 5 heteroatoms. The number of carbonyl (C=O) groups excluding carboxylic acids is 1. The van der Waals surface area contributed by atoms with Crippen molar-refractivity contribution in [1.29, 1.82) is 0 Å². The van der Waals surface area contributed by atoms with E-state index < -0.39 is 0 Å². The number of carbonyl (C=O) groups is 1. The fourth-order valence-electron chi connectivity index (χ4n) is 3.85. The molecule has 2 heterocycles. The van der Waals surface area contributed by atoms with Gasteiger partial charge in [0, 0.05) is 36.4 Å². The smallest absolute Gasteiger partial charge is 0.266 e. The minimum absolute atomic E-state index is 0.0564. The highest BCUT2D eigenvalue weighted by atomic mass is 16.2. The third kappa shape index (κ3) is 4.13. The van der Waals surface area contributed by atoms with Crippen LogP contribution in [0.1, 0.15) is 59.1 Å². The highest BCUT2D eigenvalue weighted by molar-refractivity contribution is 5.79. The molecule has 2 fully saturated rings. The first-order valence-corrected chi connectivity index (χ1v) is 9.61. The van der Waals surface area contributed by atoms with E-state index in [0.717, 1.165) is 37.5 Å². The van der Waals surface area contributed by atoms with E-state index >= 15 is 0 Å². The van der Waals surface area contributed by atoms with Gasteiger partial charge in [-0.1, -0.05) is 27.7 Å². The minimum atomic E-state index is -0.0742. The molecule has 0 unspecified atom stereocenters. The summed E-state index contributed by atoms with van der Waals surface area (Å²) in [5, 5.41) is 4.53. The number of rotatable bonds is 3. The Kier molecular flexibility index (Phi) is 5.03. The van der Waals surface area contributed by atoms with E-state index in [-0.39, 0.29) is 16.9 Å². The van der Waals surface area contributed by atoms with E-state index in [4.69, 9.17) is 0 Å². The molecule has 1 aromatic rings. The van der Waals surface area contributed by atoms with Crippen LogP contribution in [-0.4, -0.2) is 33.7 Å². The van der Waals surface area contributed by atoms with E-state index in [1.54, 1.807) is 10.7 Å². The van der Waals surface area contributed by atoms with Gasteiger partial charge >= 0.3 is 0 Å². The highest BCUT2D eigenvalue weighted by Gasteiger charge is 2.36. The van der Waals surface area contributed by atoms with E-state index in [1.807, 2.05) is 11.0 Å². The van der Waals surface area contributed by atoms with E-state index in [2.05, 4.69) is 32.8 Å². The lowest BCUT2D eigenvalue weighted by Crippen LogP contribution is -2.54. The van der Waals surface area contributed by atoms with Crippen molar-refractivity contribution in [2.75, 3.05) is 13.1 Å². The third-order valence-electron chi connectivity index (χ3n) is 5.70. The molecule has 3 rings (SSSR count). The van der Waals surface area contributed by atoms with Crippen LogP contribution in [0.15, 0.2) is 16.9 Å². The first kappa shape index (κ1) is 18.2. The lowest BCUT2D eigenvalue weighted by atomic mass is 9.81. The second kappa shape index (κ2) is 6.93. The number of likely N-dealkylation sites (tertiary alicyclic amines) is 1. The standard InChI is InChI=1S/C20H31N3O2/c1-14-5-7-16(8-6-14)19(25)22-11-15(12-22)13-23-18(24)10-9-17(21-23)20(2,3)4/h9-10,14-16H,5-8,11-13H2,1-4H3. The van der Waals surface area contributed by atoms with E-state index in [1.165, 1.54) is 12.8 Å². The van der Waals surface area contributed by atoms with Crippen molar-refractivity contribution in [2.24, 2.45) is 17.8 Å². The summed E-state index contributed by atoms with van der Waals surface area (Å²) in [4.78, 5) is 26.6. The molecule has 0 atom stereocenters. The van der Waals surface area contributed by atoms with Gasteiger partial charge in [-0.25, -0.2) is 4.68 Å². The van der Waals surface area contributed by atoms with Gasteiger partial charge in [0.1, 0.15) is 0 Å². The maximum absolute atomic E-state index is 12.6. The minimum Gasteiger partial charge on any atom is -0.342 e. The van der Waals surface area contributed by atoms with Crippen LogP contribution >= 0.6 is 0 Å². The molecule has 1 aromatic heterocycles. The lowest BCUT2D eigenvalue weighted by Gasteiger charge is -2.42. The molecule has 1 saturated carbocycles. The van der Waals surface area contributed by atoms with Crippen LogP contribution in [0.5, 0.6) is 0 Å². The van der Waals surface area contributed by atoms with Crippen LogP contribution in [0.2, 0.25) is 0 Å². The van der Waals surface area contributed by atoms with Crippen molar-refractivity contribution < 1.29 is 4.79 Å². The Morgan fingerprint density at radius 2 is 1.80 bits per heavy atom. The Morgan fingerprint density at radius 3 is 2.40 bits per heavy atom. The molecule has 25 heavy (non-hydrogen) atoms. The summed E-state index contributed by atoms with van der Waals surface area (Å²) >= 11 is 0. The van der Waals surface area contributed by atoms with Crippen LogP contribution in [0.3, 0.4) is 0 Å². The Labute approximate surface area is 150 Å². The second-order valence-electron chi connectivity index (χ2n) is 9.05. The third-order valence-corrected chi connectivity index (χ3v) is 5.70. The average Bonchev–Trinajstić information content (AvgIpc) is 2.51. The number of amides is 1. The number of aromatic nitrogens is 2. The zero-order valence-electron chi connectivity index (χ0n) is 16.0. The maximum Gasteiger partial charge on any atom is 0.266 e. The fraction of sp³-hybridized carbons (Fsp3) is 0.750. The van der Waals surface area contributed by atoms with Gasteiger partial charge in [-0.05, 0) is 37.7 Å². The molecule has 1 amide bonds. The molecule has 0 N–H and O–H groups in total. The van der Waals surface area contributed by atoms with Crippen molar-refractivity contribution in [3.63, 3.8) is 0 Å². The lowest BCUT2D eigenvalue weighted by molar-refractivity contribution is -0.143. The van der Waals surface area contributed by atoms with Crippen LogP contribution in [0.25, 0.3) is 0 Å². The molecule has 2 aliphatic rings. The van der Waals surface area contributed by atoms with Gasteiger partial charge in [0.15, 0.2) is 0 Å². The summed E-state index contributed by atoms with van der Waals surface area (Å²) in [6, 6.07) is 3.43. The number of hydrogen-bond acceptors (Lipinski definition) is 3. The molecule has 0 bridgehead atoms. The first-order valence-electron chi connectivity index (χ1n) is 9.61. The molecule has 1 aliphatic heterocycles. The summed E-state index contributed by atoms with van der Waals surface area (Å²) in [6.07, 6.45) is 4.42. The SMILES string of the molecule is CC1CCC(C(=O)N2CC(Cn3nc(C(C)(C)C)ccc3=O)C2)CC1. The van der Waals surface area contributed by atoms with Crippen molar-refractivity contribution in [1.82, 2.24) is 14.7 Å². The predicted molar refractivity (Wildman–Crippen MR) is 98.4 cm³/mol. The van der Waals surface area contributed by atoms with Gasteiger partial charge in [-0.15, -0.1) is 0 Å².